The van der Waals surface area contributed by atoms with Crippen LogP contribution < -0.4 is 16.0 Å². The Morgan fingerprint density at radius 1 is 1.03 bits per heavy atom. The Bertz CT molecular complexity index is 1310. The fourth-order valence-corrected chi connectivity index (χ4v) is 3.95. The highest BCUT2D eigenvalue weighted by Crippen LogP contribution is 2.25. The van der Waals surface area contributed by atoms with E-state index in [4.69, 9.17) is 4.74 Å². The van der Waals surface area contributed by atoms with Crippen molar-refractivity contribution in [3.8, 4) is 11.4 Å². The second kappa shape index (κ2) is 9.97. The van der Waals surface area contributed by atoms with Gasteiger partial charge in [0.25, 0.3) is 5.56 Å². The largest absolute Gasteiger partial charge is 0.497 e. The molecule has 0 saturated carbocycles. The molecule has 4 aromatic rings. The number of aromatic amines is 2. The predicted octanol–water partition coefficient (Wildman–Crippen LogP) is 3.05. The first-order chi connectivity index (χ1) is 15.6. The maximum Gasteiger partial charge on any atom is 0.325 e. The van der Waals surface area contributed by atoms with E-state index >= 15 is 0 Å². The van der Waals surface area contributed by atoms with Crippen LogP contribution in [-0.2, 0) is 6.42 Å². The summed E-state index contributed by atoms with van der Waals surface area (Å²) in [6, 6.07) is 19.0. The Balaban J connectivity index is 1.64. The molecule has 4 rings (SSSR count). The molecule has 0 fully saturated rings. The number of nitrogens with zero attached hydrogens (tertiary/aromatic N) is 3. The summed E-state index contributed by atoms with van der Waals surface area (Å²) in [5.74, 6) is 1.99. The van der Waals surface area contributed by atoms with Crippen LogP contribution in [0.3, 0.4) is 0 Å². The van der Waals surface area contributed by atoms with E-state index in [-0.39, 0.29) is 6.42 Å². The van der Waals surface area contributed by atoms with Crippen LogP contribution in [0.1, 0.15) is 17.1 Å². The van der Waals surface area contributed by atoms with Crippen LogP contribution >= 0.6 is 11.8 Å². The van der Waals surface area contributed by atoms with Crippen LogP contribution in [0.5, 0.6) is 5.75 Å². The molecule has 8 nitrogen and oxygen atoms in total. The maximum atomic E-state index is 11.7. The fourth-order valence-electron chi connectivity index (χ4n) is 3.17. The number of hydrogen-bond acceptors (Lipinski definition) is 6. The lowest BCUT2D eigenvalue weighted by Gasteiger charge is -2.11. The van der Waals surface area contributed by atoms with Gasteiger partial charge in [-0.05, 0) is 17.7 Å². The van der Waals surface area contributed by atoms with E-state index in [1.54, 1.807) is 7.11 Å². The molecule has 0 aliphatic carbocycles. The highest BCUT2D eigenvalue weighted by Gasteiger charge is 2.16. The Morgan fingerprint density at radius 2 is 1.88 bits per heavy atom. The smallest absolute Gasteiger partial charge is 0.325 e. The van der Waals surface area contributed by atoms with Gasteiger partial charge >= 0.3 is 5.69 Å². The van der Waals surface area contributed by atoms with Gasteiger partial charge in [0.15, 0.2) is 5.16 Å². The molecule has 0 aliphatic rings. The molecule has 2 aromatic heterocycles. The zero-order valence-electron chi connectivity index (χ0n) is 17.3. The van der Waals surface area contributed by atoms with Crippen molar-refractivity contribution in [2.45, 2.75) is 11.6 Å². The second-order valence-corrected chi connectivity index (χ2v) is 7.84. The highest BCUT2D eigenvalue weighted by molar-refractivity contribution is 7.99. The van der Waals surface area contributed by atoms with Gasteiger partial charge in [-0.2, -0.15) is 0 Å². The van der Waals surface area contributed by atoms with Gasteiger partial charge in [0.2, 0.25) is 0 Å². The number of ether oxygens (including phenoxy) is 1. The summed E-state index contributed by atoms with van der Waals surface area (Å²) >= 11 is 1.53. The number of H-pyrrole nitrogens is 2. The number of rotatable bonds is 8. The lowest BCUT2D eigenvalue weighted by Crippen LogP contribution is -2.23. The zero-order valence-corrected chi connectivity index (χ0v) is 18.1. The Hall–Kier alpha value is -3.85. The van der Waals surface area contributed by atoms with E-state index in [1.807, 2.05) is 59.2 Å². The Morgan fingerprint density at radius 3 is 2.66 bits per heavy atom. The van der Waals surface area contributed by atoms with E-state index in [1.165, 1.54) is 17.8 Å². The third-order valence-electron chi connectivity index (χ3n) is 4.60. The number of hydrogen-bond donors (Lipinski definition) is 2. The first-order valence-electron chi connectivity index (χ1n) is 9.88. The van der Waals surface area contributed by atoms with E-state index in [2.05, 4.69) is 32.3 Å². The van der Waals surface area contributed by atoms with E-state index in [0.29, 0.717) is 28.2 Å². The van der Waals surface area contributed by atoms with Crippen LogP contribution in [-0.4, -0.2) is 37.6 Å². The molecule has 2 heterocycles. The minimum atomic E-state index is -0.555. The maximum absolute atomic E-state index is 11.7. The zero-order chi connectivity index (χ0) is 22.3. The van der Waals surface area contributed by atoms with E-state index in [9.17, 15) is 9.59 Å². The quantitative estimate of drug-likeness (QED) is 0.402. The third-order valence-corrected chi connectivity index (χ3v) is 5.48. The minimum Gasteiger partial charge on any atom is -0.497 e. The molecule has 2 N–H and O–H groups in total. The SMILES string of the molecule is COc1cccc(-n2c(Cc3cc(=O)[nH]c(=O)[nH]3)nnc2SC/C=C/c2ccccc2)c1. The molecule has 0 aliphatic heterocycles. The van der Waals surface area contributed by atoms with Gasteiger partial charge in [0, 0.05) is 30.0 Å². The van der Waals surface area contributed by atoms with Crippen LogP contribution in [0, 0.1) is 0 Å². The van der Waals surface area contributed by atoms with Crippen molar-refractivity contribution in [3.05, 3.63) is 105 Å². The molecule has 9 heteroatoms. The topological polar surface area (TPSA) is 106 Å². The summed E-state index contributed by atoms with van der Waals surface area (Å²) in [6.45, 7) is 0. The average molecular weight is 448 g/mol. The monoisotopic (exact) mass is 447 g/mol. The van der Waals surface area contributed by atoms with Gasteiger partial charge in [-0.15, -0.1) is 10.2 Å². The summed E-state index contributed by atoms with van der Waals surface area (Å²) in [7, 11) is 1.61. The number of nitrogens with one attached hydrogen (secondary N) is 2. The van der Waals surface area contributed by atoms with Gasteiger partial charge in [0.1, 0.15) is 11.6 Å². The summed E-state index contributed by atoms with van der Waals surface area (Å²) in [5.41, 5.74) is 1.39. The molecule has 0 bridgehead atoms. The molecule has 0 spiro atoms. The molecule has 0 radical (unpaired) electrons. The van der Waals surface area contributed by atoms with Gasteiger partial charge in [0.05, 0.1) is 12.8 Å². The molecule has 0 atom stereocenters. The average Bonchev–Trinajstić information content (AvgIpc) is 3.19. The third kappa shape index (κ3) is 5.25. The van der Waals surface area contributed by atoms with Gasteiger partial charge in [-0.1, -0.05) is 60.3 Å². The van der Waals surface area contributed by atoms with Crippen LogP contribution in [0.15, 0.2) is 81.5 Å². The van der Waals surface area contributed by atoms with Crippen molar-refractivity contribution in [1.29, 1.82) is 0 Å². The Labute approximate surface area is 188 Å². The molecule has 0 amide bonds. The lowest BCUT2D eigenvalue weighted by atomic mass is 10.2. The molecular weight excluding hydrogens is 426 g/mol. The van der Waals surface area contributed by atoms with Gasteiger partial charge in [-0.3, -0.25) is 14.3 Å². The summed E-state index contributed by atoms with van der Waals surface area (Å²) in [6.07, 6.45) is 4.36. The van der Waals surface area contributed by atoms with Crippen molar-refractivity contribution in [1.82, 2.24) is 24.7 Å². The lowest BCUT2D eigenvalue weighted by molar-refractivity contribution is 0.414. The standard InChI is InChI=1S/C23H21N5O3S/c1-31-19-11-5-10-18(15-19)28-20(13-17-14-21(29)25-22(30)24-17)26-27-23(28)32-12-6-9-16-7-3-2-4-8-16/h2-11,14-15H,12-13H2,1H3,(H2,24,25,29,30)/b9-6+. The Kier molecular flexibility index (Phi) is 6.66. The van der Waals surface area contributed by atoms with Crippen LogP contribution in [0.4, 0.5) is 0 Å². The summed E-state index contributed by atoms with van der Waals surface area (Å²) < 4.78 is 7.27. The van der Waals surface area contributed by atoms with Crippen molar-refractivity contribution in [2.75, 3.05) is 12.9 Å². The molecular formula is C23H21N5O3S. The van der Waals surface area contributed by atoms with Crippen molar-refractivity contribution >= 4 is 17.8 Å². The number of methoxy groups -OCH3 is 1. The van der Waals surface area contributed by atoms with Crippen molar-refractivity contribution in [3.63, 3.8) is 0 Å². The fraction of sp³-hybridized carbons (Fsp3) is 0.130. The van der Waals surface area contributed by atoms with Crippen LogP contribution in [0.2, 0.25) is 0 Å². The highest BCUT2D eigenvalue weighted by atomic mass is 32.2. The second-order valence-electron chi connectivity index (χ2n) is 6.85. The minimum absolute atomic E-state index is 0.240. The first-order valence-corrected chi connectivity index (χ1v) is 10.9. The van der Waals surface area contributed by atoms with E-state index < -0.39 is 11.2 Å². The molecule has 0 saturated heterocycles. The van der Waals surface area contributed by atoms with Gasteiger partial charge < -0.3 is 9.72 Å². The summed E-state index contributed by atoms with van der Waals surface area (Å²) in [5, 5.41) is 9.38. The summed E-state index contributed by atoms with van der Waals surface area (Å²) in [4.78, 5) is 28.2. The molecule has 32 heavy (non-hydrogen) atoms. The van der Waals surface area contributed by atoms with Crippen LogP contribution in [0.25, 0.3) is 11.8 Å². The number of thioether (sulfide) groups is 1. The van der Waals surface area contributed by atoms with Crippen molar-refractivity contribution < 1.29 is 4.74 Å². The molecule has 162 valence electrons. The number of aromatic nitrogens is 5. The number of benzene rings is 2. The normalized spacial score (nSPS) is 11.2. The van der Waals surface area contributed by atoms with E-state index in [0.717, 1.165) is 11.3 Å². The first kappa shape index (κ1) is 21.4. The van der Waals surface area contributed by atoms with Crippen molar-refractivity contribution in [2.24, 2.45) is 0 Å². The van der Waals surface area contributed by atoms with Gasteiger partial charge in [-0.25, -0.2) is 4.79 Å². The molecule has 0 unspecified atom stereocenters. The molecule has 2 aromatic carbocycles. The predicted molar refractivity (Wildman–Crippen MR) is 125 cm³/mol.